The van der Waals surface area contributed by atoms with Gasteiger partial charge in [-0.2, -0.15) is 4.31 Å². The smallest absolute Gasteiger partial charge is 0.314 e. The third-order valence-corrected chi connectivity index (χ3v) is 5.99. The Morgan fingerprint density at radius 1 is 1.00 bits per heavy atom. The summed E-state index contributed by atoms with van der Waals surface area (Å²) in [5.41, 5.74) is -0.859. The molecule has 0 radical (unpaired) electrons. The van der Waals surface area contributed by atoms with Crippen molar-refractivity contribution in [3.8, 4) is 0 Å². The minimum absolute atomic E-state index is 0.119. The number of hydrogen-bond acceptors (Lipinski definition) is 4. The van der Waals surface area contributed by atoms with Gasteiger partial charge in [-0.15, -0.1) is 0 Å². The molecule has 23 heavy (non-hydrogen) atoms. The van der Waals surface area contributed by atoms with Crippen LogP contribution in [0.2, 0.25) is 0 Å². The Hall–Kier alpha value is -1.93. The van der Waals surface area contributed by atoms with Crippen molar-refractivity contribution in [1.29, 1.82) is 0 Å². The normalized spacial score (nSPS) is 23.2. The van der Waals surface area contributed by atoms with Crippen LogP contribution in [0.3, 0.4) is 0 Å². The van der Waals surface area contributed by atoms with Crippen molar-refractivity contribution in [2.45, 2.75) is 25.2 Å². The van der Waals surface area contributed by atoms with Gasteiger partial charge in [0, 0.05) is 13.1 Å². The Labute approximate surface area is 133 Å². The molecule has 2 atom stereocenters. The Morgan fingerprint density at radius 2 is 1.57 bits per heavy atom. The number of piperidine rings is 1. The number of nitrogens with one attached hydrogen (secondary N) is 2. The second kappa shape index (κ2) is 5.61. The number of nitrogens with zero attached hydrogens (tertiary/aromatic N) is 1. The molecule has 124 valence electrons. The van der Waals surface area contributed by atoms with Crippen molar-refractivity contribution >= 4 is 21.1 Å². The van der Waals surface area contributed by atoms with Crippen molar-refractivity contribution < 1.29 is 8.42 Å². The Morgan fingerprint density at radius 3 is 2.17 bits per heavy atom. The molecular formula is C15H19N3O4S. The van der Waals surface area contributed by atoms with E-state index in [9.17, 15) is 18.0 Å². The molecule has 0 amide bonds. The van der Waals surface area contributed by atoms with Crippen LogP contribution in [0, 0.1) is 11.8 Å². The molecule has 0 saturated carbocycles. The molecule has 2 N–H and O–H groups in total. The van der Waals surface area contributed by atoms with Gasteiger partial charge in [-0.1, -0.05) is 13.8 Å². The third-order valence-electron chi connectivity index (χ3n) is 4.17. The average molecular weight is 337 g/mol. The van der Waals surface area contributed by atoms with Gasteiger partial charge in [-0.3, -0.25) is 9.59 Å². The number of hydrogen-bond donors (Lipinski definition) is 2. The van der Waals surface area contributed by atoms with Gasteiger partial charge >= 0.3 is 11.1 Å². The summed E-state index contributed by atoms with van der Waals surface area (Å²) in [7, 11) is -3.62. The Kier molecular flexibility index (Phi) is 3.89. The summed E-state index contributed by atoms with van der Waals surface area (Å²) in [4.78, 5) is 27.7. The topological polar surface area (TPSA) is 103 Å². The van der Waals surface area contributed by atoms with Crippen LogP contribution in [0.15, 0.2) is 32.7 Å². The molecule has 1 aromatic heterocycles. The fraction of sp³-hybridized carbons (Fsp3) is 0.467. The average Bonchev–Trinajstić information content (AvgIpc) is 2.47. The van der Waals surface area contributed by atoms with E-state index in [-0.39, 0.29) is 4.90 Å². The molecule has 1 aliphatic rings. The highest BCUT2D eigenvalue weighted by molar-refractivity contribution is 7.89. The van der Waals surface area contributed by atoms with E-state index in [1.807, 2.05) is 13.8 Å². The van der Waals surface area contributed by atoms with E-state index in [0.29, 0.717) is 36.0 Å². The van der Waals surface area contributed by atoms with Gasteiger partial charge in [0.15, 0.2) is 0 Å². The van der Waals surface area contributed by atoms with E-state index in [4.69, 9.17) is 0 Å². The molecule has 2 aromatic rings. The summed E-state index contributed by atoms with van der Waals surface area (Å²) < 4.78 is 27.2. The summed E-state index contributed by atoms with van der Waals surface area (Å²) in [6.45, 7) is 5.07. The summed E-state index contributed by atoms with van der Waals surface area (Å²) in [6.07, 6.45) is 1.01. The molecular weight excluding hydrogens is 318 g/mol. The molecule has 1 aliphatic heterocycles. The Bertz CT molecular complexity index is 951. The molecule has 0 bridgehead atoms. The number of aromatic amines is 2. The second-order valence-corrected chi connectivity index (χ2v) is 8.32. The molecule has 7 nitrogen and oxygen atoms in total. The molecule has 1 fully saturated rings. The van der Waals surface area contributed by atoms with Gasteiger partial charge in [0.25, 0.3) is 0 Å². The fourth-order valence-electron chi connectivity index (χ4n) is 3.21. The maximum absolute atomic E-state index is 12.8. The predicted molar refractivity (Wildman–Crippen MR) is 86.9 cm³/mol. The lowest BCUT2D eigenvalue weighted by Gasteiger charge is -2.34. The summed E-state index contributed by atoms with van der Waals surface area (Å²) in [5.74, 6) is 0.621. The van der Waals surface area contributed by atoms with Crippen molar-refractivity contribution in [2.75, 3.05) is 13.1 Å². The van der Waals surface area contributed by atoms with Crippen molar-refractivity contribution in [2.24, 2.45) is 11.8 Å². The number of sulfonamides is 1. The summed E-state index contributed by atoms with van der Waals surface area (Å²) in [6, 6.07) is 4.35. The Balaban J connectivity index is 2.06. The highest BCUT2D eigenvalue weighted by atomic mass is 32.2. The first-order valence-corrected chi connectivity index (χ1v) is 8.98. The number of aromatic nitrogens is 2. The maximum atomic E-state index is 12.8. The van der Waals surface area contributed by atoms with Crippen LogP contribution in [0.4, 0.5) is 0 Å². The predicted octanol–water partition coefficient (Wildman–Crippen LogP) is 0.883. The van der Waals surface area contributed by atoms with Crippen LogP contribution in [0.1, 0.15) is 20.3 Å². The van der Waals surface area contributed by atoms with Gasteiger partial charge in [0.05, 0.1) is 15.9 Å². The van der Waals surface area contributed by atoms with Crippen LogP contribution in [-0.4, -0.2) is 35.8 Å². The summed E-state index contributed by atoms with van der Waals surface area (Å²) >= 11 is 0. The zero-order chi connectivity index (χ0) is 16.8. The molecule has 2 heterocycles. The molecule has 8 heteroatoms. The number of rotatable bonds is 2. The van der Waals surface area contributed by atoms with Gasteiger partial charge in [-0.25, -0.2) is 8.42 Å². The van der Waals surface area contributed by atoms with E-state index in [1.165, 1.54) is 22.5 Å². The quantitative estimate of drug-likeness (QED) is 0.794. The van der Waals surface area contributed by atoms with E-state index in [0.717, 1.165) is 6.42 Å². The van der Waals surface area contributed by atoms with E-state index in [2.05, 4.69) is 9.97 Å². The van der Waals surface area contributed by atoms with Gasteiger partial charge in [0.2, 0.25) is 10.0 Å². The van der Waals surface area contributed by atoms with E-state index >= 15 is 0 Å². The molecule has 0 aliphatic carbocycles. The highest BCUT2D eigenvalue weighted by Gasteiger charge is 2.31. The summed E-state index contributed by atoms with van der Waals surface area (Å²) in [5, 5.41) is 0. The van der Waals surface area contributed by atoms with Crippen LogP contribution >= 0.6 is 0 Å². The molecule has 2 unspecified atom stereocenters. The van der Waals surface area contributed by atoms with E-state index in [1.54, 1.807) is 0 Å². The van der Waals surface area contributed by atoms with Gasteiger partial charge in [-0.05, 0) is 36.5 Å². The minimum Gasteiger partial charge on any atom is -0.316 e. The standard InChI is InChI=1S/C15H19N3O4S/c1-9-5-10(2)8-18(7-9)23(21,22)11-3-4-12-13(6-11)17-15(20)14(19)16-12/h3-4,6,9-10H,5,7-8H2,1-2H3,(H,16,19)(H,17,20). The largest absolute Gasteiger partial charge is 0.316 e. The first-order valence-electron chi connectivity index (χ1n) is 7.54. The second-order valence-electron chi connectivity index (χ2n) is 6.38. The fourth-order valence-corrected chi connectivity index (χ4v) is 4.91. The maximum Gasteiger partial charge on any atom is 0.314 e. The first-order chi connectivity index (χ1) is 10.8. The third kappa shape index (κ3) is 2.96. The highest BCUT2D eigenvalue weighted by Crippen LogP contribution is 2.27. The SMILES string of the molecule is CC1CC(C)CN(S(=O)(=O)c2ccc3[nH]c(=O)c(=O)[nH]c3c2)C1. The van der Waals surface area contributed by atoms with Crippen molar-refractivity contribution in [3.63, 3.8) is 0 Å². The van der Waals surface area contributed by atoms with Gasteiger partial charge < -0.3 is 9.97 Å². The van der Waals surface area contributed by atoms with Gasteiger partial charge in [0.1, 0.15) is 0 Å². The van der Waals surface area contributed by atoms with Crippen LogP contribution in [0.5, 0.6) is 0 Å². The lowest BCUT2D eigenvalue weighted by Crippen LogP contribution is -2.42. The molecule has 3 rings (SSSR count). The molecule has 1 saturated heterocycles. The lowest BCUT2D eigenvalue weighted by molar-refractivity contribution is 0.222. The minimum atomic E-state index is -3.62. The van der Waals surface area contributed by atoms with Crippen LogP contribution in [-0.2, 0) is 10.0 Å². The zero-order valence-corrected chi connectivity index (χ0v) is 13.8. The molecule has 0 spiro atoms. The van der Waals surface area contributed by atoms with Crippen LogP contribution < -0.4 is 11.1 Å². The lowest BCUT2D eigenvalue weighted by atomic mass is 9.94. The monoisotopic (exact) mass is 337 g/mol. The number of H-pyrrole nitrogens is 2. The first kappa shape index (κ1) is 15.9. The number of benzene rings is 1. The van der Waals surface area contributed by atoms with E-state index < -0.39 is 21.1 Å². The molecule has 1 aromatic carbocycles. The van der Waals surface area contributed by atoms with Crippen molar-refractivity contribution in [3.05, 3.63) is 38.9 Å². The zero-order valence-electron chi connectivity index (χ0n) is 13.0. The van der Waals surface area contributed by atoms with Crippen LogP contribution in [0.25, 0.3) is 11.0 Å². The number of fused-ring (bicyclic) bond motifs is 1. The van der Waals surface area contributed by atoms with Crippen molar-refractivity contribution in [1.82, 2.24) is 14.3 Å².